The van der Waals surface area contributed by atoms with Crippen LogP contribution in [0.4, 0.5) is 0 Å². The van der Waals surface area contributed by atoms with Crippen LogP contribution in [0, 0.1) is 23.7 Å². The van der Waals surface area contributed by atoms with E-state index in [1.165, 1.54) is 4.90 Å². The number of unbranched alkanes of at least 4 members (excludes halogenated alkanes) is 2. The Morgan fingerprint density at radius 3 is 2.50 bits per heavy atom. The van der Waals surface area contributed by atoms with Gasteiger partial charge >= 0.3 is 13.1 Å². The summed E-state index contributed by atoms with van der Waals surface area (Å²) in [5.74, 6) is -1.17. The third kappa shape index (κ3) is 6.93. The second-order valence-electron chi connectivity index (χ2n) is 12.5. The lowest BCUT2D eigenvalue weighted by atomic mass is 9.57. The van der Waals surface area contributed by atoms with Gasteiger partial charge in [-0.15, -0.1) is 0 Å². The topological polar surface area (TPSA) is 138 Å². The van der Waals surface area contributed by atoms with Crippen LogP contribution in [0.2, 0.25) is 6.32 Å². The van der Waals surface area contributed by atoms with Gasteiger partial charge in [-0.3, -0.25) is 19.3 Å². The zero-order valence-corrected chi connectivity index (χ0v) is 25.5. The molecule has 2 aromatic rings. The van der Waals surface area contributed by atoms with Gasteiger partial charge in [-0.2, -0.15) is 0 Å². The average molecular weight is 604 g/mol. The van der Waals surface area contributed by atoms with Crippen LogP contribution >= 0.6 is 0 Å². The third-order valence-electron chi connectivity index (χ3n) is 9.28. The summed E-state index contributed by atoms with van der Waals surface area (Å²) < 4.78 is 12.0. The summed E-state index contributed by atoms with van der Waals surface area (Å²) in [6.45, 7) is 4.33. The highest BCUT2D eigenvalue weighted by molar-refractivity contribution is 6.43. The molecule has 10 heteroatoms. The van der Waals surface area contributed by atoms with Gasteiger partial charge in [0.1, 0.15) is 18.1 Å². The molecule has 9 nitrogen and oxygen atoms in total. The van der Waals surface area contributed by atoms with Crippen molar-refractivity contribution in [3.8, 4) is 0 Å². The minimum Gasteiger partial charge on any atom is -0.481 e. The number of hydrogen-bond acceptors (Lipinski definition) is 7. The number of carbonyl (C=O) groups excluding carboxylic acids is 2. The van der Waals surface area contributed by atoms with Gasteiger partial charge in [-0.25, -0.2) is 0 Å². The Labute approximate surface area is 258 Å². The van der Waals surface area contributed by atoms with E-state index in [4.69, 9.17) is 14.2 Å². The van der Waals surface area contributed by atoms with E-state index < -0.39 is 31.0 Å². The van der Waals surface area contributed by atoms with Gasteiger partial charge in [0.2, 0.25) is 11.8 Å². The largest absolute Gasteiger partial charge is 0.481 e. The number of amides is 2. The van der Waals surface area contributed by atoms with Crippen LogP contribution in [0.1, 0.15) is 75.9 Å². The van der Waals surface area contributed by atoms with Crippen LogP contribution in [-0.2, 0) is 25.6 Å². The summed E-state index contributed by atoms with van der Waals surface area (Å²) in [6, 6.07) is 13.5. The first-order chi connectivity index (χ1) is 21.2. The van der Waals surface area contributed by atoms with Crippen LogP contribution in [0.5, 0.6) is 0 Å². The lowest BCUT2D eigenvalue weighted by Crippen LogP contribution is -2.46. The van der Waals surface area contributed by atoms with Crippen LogP contribution in [0.25, 0.3) is 11.6 Å². The van der Waals surface area contributed by atoms with Gasteiger partial charge in [-0.05, 0) is 85.2 Å². The number of rotatable bonds is 13. The van der Waals surface area contributed by atoms with E-state index in [9.17, 15) is 24.5 Å². The summed E-state index contributed by atoms with van der Waals surface area (Å²) in [5.41, 5.74) is 4.25. The number of aliphatic hydroxyl groups is 1. The quantitative estimate of drug-likeness (QED) is 0.123. The van der Waals surface area contributed by atoms with E-state index in [0.717, 1.165) is 22.3 Å². The van der Waals surface area contributed by atoms with Gasteiger partial charge < -0.3 is 24.3 Å². The van der Waals surface area contributed by atoms with E-state index in [-0.39, 0.29) is 43.0 Å². The molecular formula is C34H42BNO8. The first-order valence-corrected chi connectivity index (χ1v) is 15.8. The molecule has 3 N–H and O–H groups in total. The number of furan rings is 1. The first kappa shape index (κ1) is 31.9. The minimum absolute atomic E-state index is 0.0753. The monoisotopic (exact) mass is 603 g/mol. The van der Waals surface area contributed by atoms with Crippen LogP contribution in [-0.4, -0.2) is 57.7 Å². The number of hydrogen-bond donors (Lipinski definition) is 3. The fourth-order valence-electron chi connectivity index (χ4n) is 7.23. The molecule has 234 valence electrons. The molecule has 1 aromatic carbocycles. The number of allylic oxidation sites excluding steroid dienone is 2. The fraction of sp³-hybridized carbons (Fsp3) is 0.500. The van der Waals surface area contributed by atoms with E-state index in [2.05, 4.69) is 13.8 Å². The highest BCUT2D eigenvalue weighted by Crippen LogP contribution is 2.52. The standard InChI is InChI=1S/C34H42BNO8/c1-21(2)26-18-27-32(34(41)36(33(27)40)16-8-4-7-11-30(38)39)28-19-35(42)44-29(31(26)28)15-12-23(22-9-5-3-6-10-22)17-24-13-14-25(20-37)43-24/h3,5-6,9-10,13-14,17,21,27-29,32,37,42H,4,7-8,11-12,15-16,18-20H2,1-2H3,(H,38,39)/b23-17-/t27-,28+,29-,32-/m1/s1. The van der Waals surface area contributed by atoms with Crippen LogP contribution in [0.3, 0.4) is 0 Å². The van der Waals surface area contributed by atoms with Gasteiger partial charge in [-0.1, -0.05) is 56.2 Å². The molecule has 5 rings (SSSR count). The molecular weight excluding hydrogens is 561 g/mol. The summed E-state index contributed by atoms with van der Waals surface area (Å²) in [5, 5.41) is 29.3. The lowest BCUT2D eigenvalue weighted by Gasteiger charge is -2.44. The molecule has 0 spiro atoms. The highest BCUT2D eigenvalue weighted by atomic mass is 16.5. The molecule has 2 amide bonds. The van der Waals surface area contributed by atoms with E-state index in [1.807, 2.05) is 42.5 Å². The third-order valence-corrected chi connectivity index (χ3v) is 9.28. The molecule has 1 aromatic heterocycles. The predicted octanol–water partition coefficient (Wildman–Crippen LogP) is 5.19. The molecule has 0 saturated carbocycles. The Balaban J connectivity index is 1.38. The van der Waals surface area contributed by atoms with E-state index in [1.54, 1.807) is 6.07 Å². The predicted molar refractivity (Wildman–Crippen MR) is 166 cm³/mol. The van der Waals surface area contributed by atoms with Crippen molar-refractivity contribution in [2.75, 3.05) is 6.54 Å². The maximum atomic E-state index is 13.8. The maximum Gasteiger partial charge on any atom is 0.455 e. The molecule has 0 bridgehead atoms. The number of aliphatic carboxylic acids is 1. The van der Waals surface area contributed by atoms with Crippen molar-refractivity contribution < 1.29 is 38.7 Å². The van der Waals surface area contributed by atoms with E-state index in [0.29, 0.717) is 56.6 Å². The number of aliphatic hydroxyl groups excluding tert-OH is 1. The number of likely N-dealkylation sites (tertiary alicyclic amines) is 1. The van der Waals surface area contributed by atoms with Crippen molar-refractivity contribution >= 4 is 36.6 Å². The van der Waals surface area contributed by atoms with Gasteiger partial charge in [0.05, 0.1) is 17.9 Å². The Hall–Kier alpha value is -3.47. The highest BCUT2D eigenvalue weighted by Gasteiger charge is 2.57. The molecule has 0 unspecified atom stereocenters. The molecule has 2 saturated heterocycles. The SMILES string of the molecule is CC(C)C1=C2[C@@H](CC/C(=C/c3ccc(CO)o3)c3ccccc3)OB(O)C[C@@H]2[C@@H]2C(=O)N(CCCCCC(=O)O)C(=O)[C@@H]2C1. The minimum atomic E-state index is -1.05. The zero-order chi connectivity index (χ0) is 31.4. The molecule has 4 atom stereocenters. The van der Waals surface area contributed by atoms with Crippen LogP contribution in [0.15, 0.2) is 58.0 Å². The number of carboxylic acids is 1. The van der Waals surface area contributed by atoms with E-state index >= 15 is 0 Å². The van der Waals surface area contributed by atoms with Crippen molar-refractivity contribution in [2.45, 2.75) is 77.8 Å². The Morgan fingerprint density at radius 1 is 1.05 bits per heavy atom. The van der Waals surface area contributed by atoms with Gasteiger partial charge in [0, 0.05) is 13.0 Å². The summed E-state index contributed by atoms with van der Waals surface area (Å²) in [4.78, 5) is 39.6. The molecule has 3 aliphatic rings. The van der Waals surface area contributed by atoms with Gasteiger partial charge in [0.15, 0.2) is 0 Å². The van der Waals surface area contributed by atoms with Crippen molar-refractivity contribution in [3.63, 3.8) is 0 Å². The fourth-order valence-corrected chi connectivity index (χ4v) is 7.23. The number of carboxylic acid groups (broad SMARTS) is 1. The molecule has 44 heavy (non-hydrogen) atoms. The maximum absolute atomic E-state index is 13.8. The number of fused-ring (bicyclic) bond motifs is 3. The summed E-state index contributed by atoms with van der Waals surface area (Å²) >= 11 is 0. The Morgan fingerprint density at radius 2 is 1.82 bits per heavy atom. The normalized spacial score (nSPS) is 23.9. The number of benzene rings is 1. The first-order valence-electron chi connectivity index (χ1n) is 15.8. The lowest BCUT2D eigenvalue weighted by molar-refractivity contribution is -0.141. The smallest absolute Gasteiger partial charge is 0.455 e. The van der Waals surface area contributed by atoms with Crippen molar-refractivity contribution in [2.24, 2.45) is 23.7 Å². The number of carbonyl (C=O) groups is 3. The van der Waals surface area contributed by atoms with Gasteiger partial charge in [0.25, 0.3) is 0 Å². The molecule has 1 aliphatic carbocycles. The Kier molecular flexibility index (Phi) is 10.2. The molecule has 2 aliphatic heterocycles. The molecule has 3 heterocycles. The average Bonchev–Trinajstić information content (AvgIpc) is 3.56. The second-order valence-corrected chi connectivity index (χ2v) is 12.5. The Bertz CT molecular complexity index is 1410. The van der Waals surface area contributed by atoms with Crippen molar-refractivity contribution in [3.05, 3.63) is 70.7 Å². The summed E-state index contributed by atoms with van der Waals surface area (Å²) in [7, 11) is -1.05. The second kappa shape index (κ2) is 14.1. The van der Waals surface area contributed by atoms with Crippen molar-refractivity contribution in [1.82, 2.24) is 4.90 Å². The number of imide groups is 1. The number of nitrogens with zero attached hydrogens (tertiary/aromatic N) is 1. The van der Waals surface area contributed by atoms with Crippen molar-refractivity contribution in [1.29, 1.82) is 0 Å². The van der Waals surface area contributed by atoms with Crippen LogP contribution < -0.4 is 0 Å². The summed E-state index contributed by atoms with van der Waals surface area (Å²) in [6.07, 6.45) is 5.30. The molecule has 2 fully saturated rings. The molecule has 0 radical (unpaired) electrons. The zero-order valence-electron chi connectivity index (χ0n) is 25.5.